The SMILES string of the molecule is C[C@H](Oc1cc(-n2ccc(C#N)n2)nc(-c2noc3c2CCC[C@@]32CCCc3sc(N)c(C#N)c32)n1)[C@@H]1CCCN1C. The van der Waals surface area contributed by atoms with Crippen LogP contribution in [0.2, 0.25) is 0 Å². The molecule has 12 heteroatoms. The van der Waals surface area contributed by atoms with Crippen molar-refractivity contribution >= 4 is 16.3 Å². The molecular weight excluding hydrogens is 550 g/mol. The summed E-state index contributed by atoms with van der Waals surface area (Å²) >= 11 is 1.52. The smallest absolute Gasteiger partial charge is 0.219 e. The molecule has 0 saturated carbocycles. The lowest BCUT2D eigenvalue weighted by Gasteiger charge is -2.39. The average molecular weight is 582 g/mol. The zero-order chi connectivity index (χ0) is 29.0. The highest BCUT2D eigenvalue weighted by molar-refractivity contribution is 7.16. The number of thiophene rings is 1. The van der Waals surface area contributed by atoms with Crippen LogP contribution in [-0.4, -0.2) is 55.5 Å². The monoisotopic (exact) mass is 581 g/mol. The summed E-state index contributed by atoms with van der Waals surface area (Å²) in [6.45, 7) is 3.11. The van der Waals surface area contributed by atoms with Gasteiger partial charge in [-0.05, 0) is 83.5 Å². The number of hydrogen-bond donors (Lipinski definition) is 1. The number of nitrogen functional groups attached to an aromatic ring is 1. The largest absolute Gasteiger partial charge is 0.473 e. The second kappa shape index (κ2) is 10.2. The Balaban J connectivity index is 1.34. The van der Waals surface area contributed by atoms with E-state index in [4.69, 9.17) is 25.0 Å². The Labute approximate surface area is 247 Å². The first kappa shape index (κ1) is 26.6. The molecule has 42 heavy (non-hydrogen) atoms. The minimum Gasteiger partial charge on any atom is -0.473 e. The number of hydrogen-bond acceptors (Lipinski definition) is 11. The molecule has 7 rings (SSSR count). The lowest BCUT2D eigenvalue weighted by molar-refractivity contribution is 0.117. The highest BCUT2D eigenvalue weighted by Crippen LogP contribution is 2.55. The number of likely N-dealkylation sites (tertiary alicyclic amines) is 1. The van der Waals surface area contributed by atoms with Crippen molar-refractivity contribution in [1.82, 2.24) is 29.8 Å². The summed E-state index contributed by atoms with van der Waals surface area (Å²) in [6, 6.07) is 8.12. The maximum absolute atomic E-state index is 10.0. The van der Waals surface area contributed by atoms with E-state index in [1.54, 1.807) is 23.0 Å². The number of likely N-dealkylation sites (N-methyl/N-ethyl adjacent to an activating group) is 1. The minimum atomic E-state index is -0.437. The molecule has 4 aromatic heterocycles. The quantitative estimate of drug-likeness (QED) is 0.355. The van der Waals surface area contributed by atoms with Crippen LogP contribution in [0.1, 0.15) is 78.5 Å². The zero-order valence-corrected chi connectivity index (χ0v) is 24.4. The van der Waals surface area contributed by atoms with Gasteiger partial charge in [0.25, 0.3) is 0 Å². The number of nitrogens with two attached hydrogens (primary N) is 1. The van der Waals surface area contributed by atoms with Crippen molar-refractivity contribution in [2.75, 3.05) is 19.3 Å². The van der Waals surface area contributed by atoms with E-state index in [0.717, 1.165) is 74.8 Å². The van der Waals surface area contributed by atoms with Crippen molar-refractivity contribution in [3.63, 3.8) is 0 Å². The van der Waals surface area contributed by atoms with Crippen LogP contribution in [0, 0.1) is 22.7 Å². The number of fused-ring (bicyclic) bond motifs is 4. The van der Waals surface area contributed by atoms with Gasteiger partial charge in [0.05, 0.1) is 11.0 Å². The summed E-state index contributed by atoms with van der Waals surface area (Å²) in [6.07, 6.45) is 9.14. The number of aryl methyl sites for hydroxylation is 1. The third-order valence-corrected chi connectivity index (χ3v) is 10.2. The van der Waals surface area contributed by atoms with Crippen molar-refractivity contribution in [2.45, 2.75) is 75.9 Å². The molecule has 0 amide bonds. The number of nitriles is 2. The van der Waals surface area contributed by atoms with E-state index < -0.39 is 5.41 Å². The first-order valence-corrected chi connectivity index (χ1v) is 15.3. The Morgan fingerprint density at radius 2 is 2.02 bits per heavy atom. The van der Waals surface area contributed by atoms with Gasteiger partial charge in [0.1, 0.15) is 23.2 Å². The number of rotatable bonds is 5. The Morgan fingerprint density at radius 3 is 2.76 bits per heavy atom. The van der Waals surface area contributed by atoms with Crippen LogP contribution in [0.15, 0.2) is 22.9 Å². The number of ether oxygens (including phenoxy) is 1. The van der Waals surface area contributed by atoms with E-state index >= 15 is 0 Å². The van der Waals surface area contributed by atoms with Gasteiger partial charge in [-0.3, -0.25) is 4.90 Å². The molecule has 3 atom stereocenters. The van der Waals surface area contributed by atoms with Crippen molar-refractivity contribution in [3.05, 3.63) is 51.4 Å². The Kier molecular flexibility index (Phi) is 6.48. The van der Waals surface area contributed by atoms with Crippen LogP contribution in [0.4, 0.5) is 5.00 Å². The summed E-state index contributed by atoms with van der Waals surface area (Å²) < 4.78 is 14.2. The molecule has 11 nitrogen and oxygen atoms in total. The van der Waals surface area contributed by atoms with E-state index in [2.05, 4.69) is 41.3 Å². The lowest BCUT2D eigenvalue weighted by Crippen LogP contribution is -2.38. The molecule has 214 valence electrons. The Morgan fingerprint density at radius 1 is 1.19 bits per heavy atom. The van der Waals surface area contributed by atoms with Crippen molar-refractivity contribution in [3.8, 4) is 35.4 Å². The molecule has 3 aliphatic rings. The maximum Gasteiger partial charge on any atom is 0.219 e. The van der Waals surface area contributed by atoms with Crippen LogP contribution in [0.25, 0.3) is 17.3 Å². The van der Waals surface area contributed by atoms with Crippen LogP contribution in [0.5, 0.6) is 5.88 Å². The fourth-order valence-corrected chi connectivity index (χ4v) is 8.38. The van der Waals surface area contributed by atoms with Crippen LogP contribution in [0.3, 0.4) is 0 Å². The molecule has 0 unspecified atom stereocenters. The van der Waals surface area contributed by atoms with Crippen molar-refractivity contribution in [2.24, 2.45) is 0 Å². The summed E-state index contributed by atoms with van der Waals surface area (Å²) in [4.78, 5) is 13.2. The zero-order valence-electron chi connectivity index (χ0n) is 23.6. The van der Waals surface area contributed by atoms with Gasteiger partial charge in [0.15, 0.2) is 28.8 Å². The second-order valence-electron chi connectivity index (χ2n) is 11.5. The molecule has 4 aromatic rings. The van der Waals surface area contributed by atoms with E-state index in [-0.39, 0.29) is 17.8 Å². The second-order valence-corrected chi connectivity index (χ2v) is 12.7. The van der Waals surface area contributed by atoms with Gasteiger partial charge >= 0.3 is 0 Å². The third kappa shape index (κ3) is 4.17. The average Bonchev–Trinajstić information content (AvgIpc) is 3.78. The highest BCUT2D eigenvalue weighted by atomic mass is 32.1. The normalized spacial score (nSPS) is 22.3. The first-order chi connectivity index (χ1) is 20.4. The predicted molar refractivity (Wildman–Crippen MR) is 155 cm³/mol. The Hall–Kier alpha value is -4.26. The van der Waals surface area contributed by atoms with Gasteiger partial charge in [0, 0.05) is 28.7 Å². The number of nitrogens with zero attached hydrogens (tertiary/aromatic N) is 8. The Bertz CT molecular complexity index is 1750. The van der Waals surface area contributed by atoms with Gasteiger partial charge in [-0.25, -0.2) is 9.67 Å². The van der Waals surface area contributed by atoms with Gasteiger partial charge in [-0.15, -0.1) is 11.3 Å². The summed E-state index contributed by atoms with van der Waals surface area (Å²) in [5, 5.41) is 28.9. The predicted octanol–water partition coefficient (Wildman–Crippen LogP) is 4.52. The molecule has 5 heterocycles. The van der Waals surface area contributed by atoms with Gasteiger partial charge in [0.2, 0.25) is 5.88 Å². The first-order valence-electron chi connectivity index (χ1n) is 14.4. The molecule has 1 spiro atoms. The summed E-state index contributed by atoms with van der Waals surface area (Å²) in [5.41, 5.74) is 9.31. The maximum atomic E-state index is 10.0. The van der Waals surface area contributed by atoms with Crippen LogP contribution < -0.4 is 10.5 Å². The van der Waals surface area contributed by atoms with E-state index in [0.29, 0.717) is 33.8 Å². The molecule has 2 N–H and O–H groups in total. The topological polar surface area (TPSA) is 156 Å². The van der Waals surface area contributed by atoms with Gasteiger partial charge in [-0.2, -0.15) is 20.6 Å². The van der Waals surface area contributed by atoms with E-state index in [1.807, 2.05) is 0 Å². The molecule has 1 aliphatic heterocycles. The molecule has 0 aromatic carbocycles. The molecular formula is C30H31N9O2S. The molecule has 0 radical (unpaired) electrons. The summed E-state index contributed by atoms with van der Waals surface area (Å²) in [7, 11) is 2.12. The molecule has 1 saturated heterocycles. The molecule has 0 bridgehead atoms. The fourth-order valence-electron chi connectivity index (χ4n) is 7.22. The van der Waals surface area contributed by atoms with E-state index in [9.17, 15) is 10.5 Å². The molecule has 1 fully saturated rings. The lowest BCUT2D eigenvalue weighted by atomic mass is 9.63. The minimum absolute atomic E-state index is 0.0935. The fraction of sp³-hybridized carbons (Fsp3) is 0.467. The highest BCUT2D eigenvalue weighted by Gasteiger charge is 2.48. The van der Waals surface area contributed by atoms with Gasteiger partial charge in [-0.1, -0.05) is 5.16 Å². The van der Waals surface area contributed by atoms with E-state index in [1.165, 1.54) is 16.2 Å². The van der Waals surface area contributed by atoms with Crippen molar-refractivity contribution in [1.29, 1.82) is 10.5 Å². The van der Waals surface area contributed by atoms with Crippen LogP contribution in [-0.2, 0) is 18.3 Å². The number of aromatic nitrogens is 5. The summed E-state index contributed by atoms with van der Waals surface area (Å²) in [5.74, 6) is 2.06. The standard InChI is InChI=1S/C30H31N9O2S/c1-17(21-7-5-12-38(21)2)40-24-14-23(39-13-9-18(15-31)36-39)34-29(35-24)26-19-6-3-10-30(27(19)41-37-26)11-4-8-22-25(30)20(16-32)28(33)42-22/h9,13-14,17,21H,3-8,10-12,33H2,1-2H3/t17-,21-,30-/m0/s1. The van der Waals surface area contributed by atoms with Crippen molar-refractivity contribution < 1.29 is 9.26 Å². The van der Waals surface area contributed by atoms with Gasteiger partial charge < -0.3 is 15.0 Å². The number of anilines is 1. The molecule has 2 aliphatic carbocycles. The third-order valence-electron chi connectivity index (χ3n) is 9.12. The van der Waals surface area contributed by atoms with Crippen LogP contribution >= 0.6 is 11.3 Å².